The van der Waals surface area contributed by atoms with Gasteiger partial charge in [0.25, 0.3) is 0 Å². The molecule has 0 radical (unpaired) electrons. The molecule has 0 atom stereocenters. The summed E-state index contributed by atoms with van der Waals surface area (Å²) < 4.78 is 0. The van der Waals surface area contributed by atoms with E-state index in [0.717, 1.165) is 72.8 Å². The Morgan fingerprint density at radius 3 is 0.447 bits per heavy atom. The van der Waals surface area contributed by atoms with Crippen molar-refractivity contribution in [2.24, 2.45) is 0 Å². The average Bonchev–Trinajstić information content (AvgIpc) is 2.84. The molecule has 0 aliphatic rings. The van der Waals surface area contributed by atoms with Crippen LogP contribution < -0.4 is 133 Å². The van der Waals surface area contributed by atoms with Crippen molar-refractivity contribution in [1.82, 2.24) is 0 Å². The standard InChI is InChI=1S/3C8H6O4.2K/c3*9-7(10)5-1-2-6(4-3-5)8(11)12;;/h3*1-4H,(H,9,10)(H,11,12);;/q;;;2*+1/p-2. The topological polar surface area (TPSA) is 241 Å². The van der Waals surface area contributed by atoms with E-state index in [4.69, 9.17) is 0 Å². The number of aromatic carboxylic acids is 6. The summed E-state index contributed by atoms with van der Waals surface area (Å²) in [5, 5.41) is 61.2. The van der Waals surface area contributed by atoms with Crippen molar-refractivity contribution in [3.05, 3.63) is 106 Å². The summed E-state index contributed by atoms with van der Waals surface area (Å²) in [5.41, 5.74) is -0.333. The predicted octanol–water partition coefficient (Wildman–Crippen LogP) is -10.3. The van der Waals surface area contributed by atoms with Gasteiger partial charge >= 0.3 is 108 Å². The third-order valence-corrected chi connectivity index (χ3v) is 4.07. The number of benzene rings is 3. The van der Waals surface area contributed by atoms with Crippen LogP contribution in [-0.2, 0) is 0 Å². The van der Waals surface area contributed by atoms with Gasteiger partial charge in [0, 0.05) is 0 Å². The van der Waals surface area contributed by atoms with Gasteiger partial charge in [-0.05, 0) is 33.4 Å². The maximum atomic E-state index is 10.2. The van der Waals surface area contributed by atoms with Gasteiger partial charge in [-0.15, -0.1) is 0 Å². The number of carbonyl (C=O) groups is 6. The minimum Gasteiger partial charge on any atom is -0.545 e. The molecule has 0 amide bonds. The van der Waals surface area contributed by atoms with Gasteiger partial charge < -0.3 is 59.4 Å². The first kappa shape index (κ1) is 37.9. The number of carbonyl (C=O) groups excluding carboxylic acids is 6. The zero-order valence-electron chi connectivity index (χ0n) is 23.8. The molecule has 0 fully saturated rings. The Morgan fingerprint density at radius 2 is 0.395 bits per heavy atom. The third-order valence-electron chi connectivity index (χ3n) is 4.07. The molecular formula is C24H16K2O12. The Kier molecular flexibility index (Phi) is 18.9. The number of hydrogen-bond donors (Lipinski definition) is 0. The maximum absolute atomic E-state index is 10.2. The molecule has 14 heteroatoms. The van der Waals surface area contributed by atoms with Crippen LogP contribution in [0.1, 0.15) is 67.9 Å². The minimum atomic E-state index is -1.33. The van der Waals surface area contributed by atoms with Gasteiger partial charge in [0.2, 0.25) is 0 Å². The Labute approximate surface area is 305 Å². The van der Waals surface area contributed by atoms with E-state index in [1.807, 2.05) is 0 Å². The van der Waals surface area contributed by atoms with Gasteiger partial charge in [-0.3, -0.25) is 0 Å². The summed E-state index contributed by atoms with van der Waals surface area (Å²) in [6, 6.07) is 13.8. The van der Waals surface area contributed by atoms with Crippen LogP contribution in [0.4, 0.5) is 0 Å². The van der Waals surface area contributed by atoms with E-state index in [0.29, 0.717) is 0 Å². The summed E-state index contributed by atoms with van der Waals surface area (Å²) in [5.74, 6) is -8.00. The molecule has 0 N–H and O–H groups in total. The zero-order valence-corrected chi connectivity index (χ0v) is 26.1. The van der Waals surface area contributed by atoms with Crippen LogP contribution in [0.2, 0.25) is 0 Å². The first-order valence-corrected chi connectivity index (χ1v) is 9.41. The fraction of sp³-hybridized carbons (Fsp3) is 0. The van der Waals surface area contributed by atoms with Crippen molar-refractivity contribution in [3.63, 3.8) is 0 Å². The Balaban J connectivity index is -0.000000108. The maximum Gasteiger partial charge on any atom is 1.00 e. The molecule has 186 valence electrons. The Bertz CT molecular complexity index is 1030. The molecule has 3 aromatic rings. The summed E-state index contributed by atoms with van der Waals surface area (Å²) in [4.78, 5) is 61.2. The number of hydrogen-bond acceptors (Lipinski definition) is 12. The molecular weight excluding hydrogens is 558 g/mol. The SMILES string of the molecule is O=C([O-])c1ccc(C(=O)[O-])cc1.O=C([O-])c1ccc(C(=O)[O-])cc1.O=C([O-])c1ccc(C(=O)[O-])cc1.[H+].[H+].[H+].[H+].[K+].[K+]. The van der Waals surface area contributed by atoms with Crippen molar-refractivity contribution >= 4 is 35.8 Å². The molecule has 3 rings (SSSR count). The van der Waals surface area contributed by atoms with E-state index in [2.05, 4.69) is 0 Å². The molecule has 38 heavy (non-hydrogen) atoms. The van der Waals surface area contributed by atoms with Crippen molar-refractivity contribution in [2.45, 2.75) is 0 Å². The first-order valence-electron chi connectivity index (χ1n) is 9.41. The number of carboxylic acids is 6. The van der Waals surface area contributed by atoms with E-state index < -0.39 is 35.8 Å². The van der Waals surface area contributed by atoms with Gasteiger partial charge in [0.15, 0.2) is 0 Å². The van der Waals surface area contributed by atoms with E-state index in [1.165, 1.54) is 0 Å². The second kappa shape index (κ2) is 18.9. The third kappa shape index (κ3) is 13.5. The average molecular weight is 575 g/mol. The van der Waals surface area contributed by atoms with Crippen molar-refractivity contribution in [1.29, 1.82) is 0 Å². The molecule has 0 heterocycles. The van der Waals surface area contributed by atoms with Gasteiger partial charge in [-0.2, -0.15) is 0 Å². The largest absolute Gasteiger partial charge is 1.00 e. The second-order valence-electron chi connectivity index (χ2n) is 6.46. The van der Waals surface area contributed by atoms with Crippen LogP contribution in [0.3, 0.4) is 0 Å². The van der Waals surface area contributed by atoms with Gasteiger partial charge in [-0.25, -0.2) is 0 Å². The fourth-order valence-corrected chi connectivity index (χ4v) is 2.23. The van der Waals surface area contributed by atoms with E-state index in [9.17, 15) is 59.4 Å². The van der Waals surface area contributed by atoms with Crippen LogP contribution in [0.25, 0.3) is 0 Å². The second-order valence-corrected chi connectivity index (χ2v) is 6.46. The molecule has 12 nitrogen and oxygen atoms in total. The fourth-order valence-electron chi connectivity index (χ4n) is 2.23. The van der Waals surface area contributed by atoms with Crippen LogP contribution in [-0.4, -0.2) is 35.8 Å². The first-order chi connectivity index (χ1) is 16.8. The van der Waals surface area contributed by atoms with Gasteiger partial charge in [0.05, 0.1) is 35.8 Å². The van der Waals surface area contributed by atoms with Gasteiger partial charge in [-0.1, -0.05) is 72.8 Å². The smallest absolute Gasteiger partial charge is 0.545 e. The number of carboxylic acid groups (broad SMARTS) is 6. The quantitative estimate of drug-likeness (QED) is 0.249. The Hall–Kier alpha value is -2.25. The molecule has 0 aliphatic heterocycles. The molecule has 0 bridgehead atoms. The predicted molar refractivity (Wildman–Crippen MR) is 110 cm³/mol. The summed E-state index contributed by atoms with van der Waals surface area (Å²) in [6.45, 7) is 0. The summed E-state index contributed by atoms with van der Waals surface area (Å²) in [7, 11) is 0. The molecule has 0 aliphatic carbocycles. The summed E-state index contributed by atoms with van der Waals surface area (Å²) >= 11 is 0. The van der Waals surface area contributed by atoms with Crippen LogP contribution >= 0.6 is 0 Å². The number of rotatable bonds is 6. The monoisotopic (exact) mass is 574 g/mol. The summed E-state index contributed by atoms with van der Waals surface area (Å²) in [6.07, 6.45) is 0. The van der Waals surface area contributed by atoms with E-state index in [-0.39, 0.29) is 142 Å². The van der Waals surface area contributed by atoms with E-state index in [1.54, 1.807) is 0 Å². The molecule has 0 unspecified atom stereocenters. The molecule has 0 aromatic heterocycles. The van der Waals surface area contributed by atoms with Gasteiger partial charge in [0.1, 0.15) is 0 Å². The van der Waals surface area contributed by atoms with Crippen molar-refractivity contribution in [3.8, 4) is 0 Å². The molecule has 0 saturated carbocycles. The van der Waals surface area contributed by atoms with E-state index >= 15 is 0 Å². The zero-order chi connectivity index (χ0) is 27.4. The Morgan fingerprint density at radius 1 is 0.316 bits per heavy atom. The van der Waals surface area contributed by atoms with Crippen molar-refractivity contribution in [2.75, 3.05) is 0 Å². The molecule has 0 spiro atoms. The minimum absolute atomic E-state index is 0. The normalized spacial score (nSPS) is 8.84. The van der Waals surface area contributed by atoms with Crippen LogP contribution in [0.15, 0.2) is 72.8 Å². The van der Waals surface area contributed by atoms with Crippen LogP contribution in [0.5, 0.6) is 0 Å². The molecule has 3 aromatic carbocycles. The molecule has 0 saturated heterocycles. The van der Waals surface area contributed by atoms with Crippen LogP contribution in [0, 0.1) is 0 Å². The van der Waals surface area contributed by atoms with Crippen molar-refractivity contribution < 1.29 is 168 Å².